The molecule has 0 heterocycles. The lowest BCUT2D eigenvalue weighted by molar-refractivity contribution is -0.140. The maximum Gasteiger partial charge on any atom is 0.306 e. The lowest BCUT2D eigenvalue weighted by atomic mass is 10.1. The molecule has 0 amide bonds. The number of methoxy groups -OCH3 is 1. The van der Waals surface area contributed by atoms with E-state index in [2.05, 4.69) is 10.1 Å². The number of esters is 1. The van der Waals surface area contributed by atoms with Crippen molar-refractivity contribution in [2.75, 3.05) is 20.2 Å². The number of nitrogens with one attached hydrogen (secondary N) is 1. The van der Waals surface area contributed by atoms with Gasteiger partial charge >= 0.3 is 5.97 Å². The van der Waals surface area contributed by atoms with Crippen LogP contribution in [0, 0.1) is 11.6 Å². The molecule has 3 nitrogen and oxygen atoms in total. The third-order valence-corrected chi connectivity index (χ3v) is 2.31. The SMILES string of the molecule is COC(=O)CCNCCc1ccc(F)c(F)c1. The highest BCUT2D eigenvalue weighted by Gasteiger charge is 2.02. The van der Waals surface area contributed by atoms with Crippen LogP contribution in [0.25, 0.3) is 0 Å². The van der Waals surface area contributed by atoms with Crippen LogP contribution in [0.5, 0.6) is 0 Å². The van der Waals surface area contributed by atoms with E-state index >= 15 is 0 Å². The second kappa shape index (κ2) is 6.96. The summed E-state index contributed by atoms with van der Waals surface area (Å²) in [6, 6.07) is 3.83. The third-order valence-electron chi connectivity index (χ3n) is 2.31. The smallest absolute Gasteiger partial charge is 0.306 e. The monoisotopic (exact) mass is 243 g/mol. The van der Waals surface area contributed by atoms with Gasteiger partial charge in [0.2, 0.25) is 0 Å². The van der Waals surface area contributed by atoms with Gasteiger partial charge in [-0.3, -0.25) is 4.79 Å². The Bertz CT molecular complexity index is 383. The van der Waals surface area contributed by atoms with Crippen molar-refractivity contribution in [1.29, 1.82) is 0 Å². The largest absolute Gasteiger partial charge is 0.469 e. The standard InChI is InChI=1S/C12H15F2NO2/c1-17-12(16)5-7-15-6-4-9-2-3-10(13)11(14)8-9/h2-3,8,15H,4-7H2,1H3. The fourth-order valence-electron chi connectivity index (χ4n) is 1.35. The van der Waals surface area contributed by atoms with E-state index in [-0.39, 0.29) is 5.97 Å². The van der Waals surface area contributed by atoms with Gasteiger partial charge in [0, 0.05) is 6.54 Å². The first-order valence-electron chi connectivity index (χ1n) is 5.35. The van der Waals surface area contributed by atoms with Gasteiger partial charge in [0.25, 0.3) is 0 Å². The summed E-state index contributed by atoms with van der Waals surface area (Å²) < 4.78 is 30.0. The summed E-state index contributed by atoms with van der Waals surface area (Å²) in [5, 5.41) is 3.02. The van der Waals surface area contributed by atoms with Gasteiger partial charge in [0.05, 0.1) is 13.5 Å². The van der Waals surface area contributed by atoms with Gasteiger partial charge in [-0.15, -0.1) is 0 Å². The zero-order valence-electron chi connectivity index (χ0n) is 9.63. The van der Waals surface area contributed by atoms with Crippen LogP contribution in [0.2, 0.25) is 0 Å². The first-order chi connectivity index (χ1) is 8.13. The lowest BCUT2D eigenvalue weighted by Gasteiger charge is -2.04. The Morgan fingerprint density at radius 1 is 1.29 bits per heavy atom. The van der Waals surface area contributed by atoms with Crippen molar-refractivity contribution in [3.05, 3.63) is 35.4 Å². The average Bonchev–Trinajstić information content (AvgIpc) is 2.33. The molecule has 0 spiro atoms. The zero-order valence-corrected chi connectivity index (χ0v) is 9.63. The Labute approximate surface area is 98.8 Å². The fraction of sp³-hybridized carbons (Fsp3) is 0.417. The van der Waals surface area contributed by atoms with Gasteiger partial charge in [0.15, 0.2) is 11.6 Å². The van der Waals surface area contributed by atoms with Crippen molar-refractivity contribution < 1.29 is 18.3 Å². The molecule has 1 aromatic carbocycles. The summed E-state index contributed by atoms with van der Waals surface area (Å²) in [4.78, 5) is 10.8. The maximum absolute atomic E-state index is 12.8. The van der Waals surface area contributed by atoms with Gasteiger partial charge in [-0.25, -0.2) is 8.78 Å². The molecule has 17 heavy (non-hydrogen) atoms. The molecule has 0 aliphatic heterocycles. The first kappa shape index (κ1) is 13.6. The van der Waals surface area contributed by atoms with Crippen LogP contribution in [0.15, 0.2) is 18.2 Å². The molecule has 1 aromatic rings. The summed E-state index contributed by atoms with van der Waals surface area (Å²) in [5.41, 5.74) is 0.717. The first-order valence-corrected chi connectivity index (χ1v) is 5.35. The van der Waals surface area contributed by atoms with Crippen LogP contribution < -0.4 is 5.32 Å². The number of carbonyl (C=O) groups excluding carboxylic acids is 1. The molecule has 0 aliphatic rings. The number of hydrogen-bond donors (Lipinski definition) is 1. The molecule has 1 N–H and O–H groups in total. The Morgan fingerprint density at radius 2 is 2.06 bits per heavy atom. The normalized spacial score (nSPS) is 10.3. The predicted octanol–water partition coefficient (Wildman–Crippen LogP) is 1.66. The lowest BCUT2D eigenvalue weighted by Crippen LogP contribution is -2.21. The molecule has 0 fully saturated rings. The molecule has 0 atom stereocenters. The Morgan fingerprint density at radius 3 is 2.71 bits per heavy atom. The van der Waals surface area contributed by atoms with Crippen LogP contribution in [0.1, 0.15) is 12.0 Å². The van der Waals surface area contributed by atoms with Gasteiger partial charge < -0.3 is 10.1 Å². The molecule has 0 saturated heterocycles. The summed E-state index contributed by atoms with van der Waals surface area (Å²) in [6.07, 6.45) is 0.882. The molecule has 5 heteroatoms. The molecular formula is C12H15F2NO2. The van der Waals surface area contributed by atoms with Crippen molar-refractivity contribution in [2.45, 2.75) is 12.8 Å². The molecule has 0 aliphatic carbocycles. The van der Waals surface area contributed by atoms with E-state index in [1.54, 1.807) is 6.07 Å². The van der Waals surface area contributed by atoms with Crippen LogP contribution in [-0.4, -0.2) is 26.2 Å². The Kier molecular flexibility index (Phi) is 5.56. The number of ether oxygens (including phenoxy) is 1. The second-order valence-electron chi connectivity index (χ2n) is 3.57. The van der Waals surface area contributed by atoms with E-state index in [1.807, 2.05) is 0 Å². The Hall–Kier alpha value is -1.49. The highest BCUT2D eigenvalue weighted by molar-refractivity contribution is 5.69. The van der Waals surface area contributed by atoms with E-state index < -0.39 is 11.6 Å². The van der Waals surface area contributed by atoms with Crippen LogP contribution in [-0.2, 0) is 16.0 Å². The Balaban J connectivity index is 2.22. The molecule has 1 rings (SSSR count). The van der Waals surface area contributed by atoms with E-state index in [0.717, 1.165) is 11.6 Å². The summed E-state index contributed by atoms with van der Waals surface area (Å²) in [5.74, 6) is -1.95. The number of benzene rings is 1. The van der Waals surface area contributed by atoms with E-state index in [9.17, 15) is 13.6 Å². The fourth-order valence-corrected chi connectivity index (χ4v) is 1.35. The van der Waals surface area contributed by atoms with E-state index in [4.69, 9.17) is 0 Å². The van der Waals surface area contributed by atoms with Gasteiger partial charge in [-0.1, -0.05) is 6.07 Å². The molecule has 0 saturated carbocycles. The molecule has 0 bridgehead atoms. The molecule has 0 radical (unpaired) electrons. The van der Waals surface area contributed by atoms with E-state index in [1.165, 1.54) is 13.2 Å². The van der Waals surface area contributed by atoms with Crippen molar-refractivity contribution in [3.63, 3.8) is 0 Å². The second-order valence-corrected chi connectivity index (χ2v) is 3.57. The minimum absolute atomic E-state index is 0.273. The quantitative estimate of drug-likeness (QED) is 0.610. The van der Waals surface area contributed by atoms with Crippen LogP contribution >= 0.6 is 0 Å². The minimum Gasteiger partial charge on any atom is -0.469 e. The number of carbonyl (C=O) groups is 1. The van der Waals surface area contributed by atoms with Crippen LogP contribution in [0.4, 0.5) is 8.78 Å². The number of rotatable bonds is 6. The molecule has 0 aromatic heterocycles. The average molecular weight is 243 g/mol. The molecule has 0 unspecified atom stereocenters. The third kappa shape index (κ3) is 4.91. The zero-order chi connectivity index (χ0) is 12.7. The summed E-state index contributed by atoms with van der Waals surface area (Å²) >= 11 is 0. The highest BCUT2D eigenvalue weighted by atomic mass is 19.2. The topological polar surface area (TPSA) is 38.3 Å². The highest BCUT2D eigenvalue weighted by Crippen LogP contribution is 2.08. The number of halogens is 2. The van der Waals surface area contributed by atoms with Gasteiger partial charge in [-0.2, -0.15) is 0 Å². The molecular weight excluding hydrogens is 228 g/mol. The van der Waals surface area contributed by atoms with E-state index in [0.29, 0.717) is 25.9 Å². The minimum atomic E-state index is -0.840. The predicted molar refractivity (Wildman–Crippen MR) is 59.6 cm³/mol. The van der Waals surface area contributed by atoms with Crippen molar-refractivity contribution in [1.82, 2.24) is 5.32 Å². The molecule has 94 valence electrons. The van der Waals surface area contributed by atoms with Gasteiger partial charge in [0.1, 0.15) is 0 Å². The summed E-state index contributed by atoms with van der Waals surface area (Å²) in [6.45, 7) is 1.11. The van der Waals surface area contributed by atoms with Crippen molar-refractivity contribution >= 4 is 5.97 Å². The maximum atomic E-state index is 12.8. The van der Waals surface area contributed by atoms with Crippen molar-refractivity contribution in [3.8, 4) is 0 Å². The number of hydrogen-bond acceptors (Lipinski definition) is 3. The van der Waals surface area contributed by atoms with Crippen molar-refractivity contribution in [2.24, 2.45) is 0 Å². The van der Waals surface area contributed by atoms with Gasteiger partial charge in [-0.05, 0) is 30.7 Å². The van der Waals surface area contributed by atoms with Crippen LogP contribution in [0.3, 0.4) is 0 Å². The summed E-state index contributed by atoms with van der Waals surface area (Å²) in [7, 11) is 1.34.